The first-order valence-corrected chi connectivity index (χ1v) is 6.79. The minimum Gasteiger partial charge on any atom is -0.271 e. The SMILES string of the molecule is CCc1nn(C)c(CCC(Cl)C2CC2)c1Cl. The number of alkyl halides is 1. The summed E-state index contributed by atoms with van der Waals surface area (Å²) in [5.41, 5.74) is 2.13. The van der Waals surface area contributed by atoms with E-state index in [1.165, 1.54) is 12.8 Å². The Labute approximate surface area is 107 Å². The summed E-state index contributed by atoms with van der Waals surface area (Å²) >= 11 is 12.6. The summed E-state index contributed by atoms with van der Waals surface area (Å²) in [5.74, 6) is 0.749. The van der Waals surface area contributed by atoms with Crippen molar-refractivity contribution in [1.82, 2.24) is 9.78 Å². The Kier molecular flexibility index (Phi) is 3.81. The second-order valence-corrected chi connectivity index (χ2v) is 5.52. The third kappa shape index (κ3) is 2.54. The molecule has 0 spiro atoms. The van der Waals surface area contributed by atoms with Gasteiger partial charge in [0.15, 0.2) is 0 Å². The lowest BCUT2D eigenvalue weighted by Gasteiger charge is -2.07. The minimum absolute atomic E-state index is 0.316. The lowest BCUT2D eigenvalue weighted by atomic mass is 10.1. The standard InChI is InChI=1S/C12H18Cl2N2/c1-3-10-12(14)11(16(2)15-10)7-6-9(13)8-4-5-8/h8-9H,3-7H2,1-2H3. The highest BCUT2D eigenvalue weighted by Gasteiger charge is 2.29. The van der Waals surface area contributed by atoms with Crippen molar-refractivity contribution in [1.29, 1.82) is 0 Å². The van der Waals surface area contributed by atoms with Crippen molar-refractivity contribution in [2.45, 2.75) is 44.4 Å². The van der Waals surface area contributed by atoms with Gasteiger partial charge in [0.25, 0.3) is 0 Å². The van der Waals surface area contributed by atoms with Crippen LogP contribution >= 0.6 is 23.2 Å². The van der Waals surface area contributed by atoms with Crippen LogP contribution in [0.15, 0.2) is 0 Å². The minimum atomic E-state index is 0.316. The number of rotatable bonds is 5. The third-order valence-corrected chi connectivity index (χ3v) is 4.30. The number of aryl methyl sites for hydroxylation is 2. The molecule has 1 saturated carbocycles. The molecule has 0 radical (unpaired) electrons. The summed E-state index contributed by atoms with van der Waals surface area (Å²) < 4.78 is 1.90. The molecule has 1 aliphatic carbocycles. The van der Waals surface area contributed by atoms with Crippen molar-refractivity contribution in [3.63, 3.8) is 0 Å². The Morgan fingerprint density at radius 2 is 2.19 bits per heavy atom. The summed E-state index contributed by atoms with van der Waals surface area (Å²) in [5, 5.41) is 5.56. The average molecular weight is 261 g/mol. The van der Waals surface area contributed by atoms with Crippen LogP contribution in [0.25, 0.3) is 0 Å². The Morgan fingerprint density at radius 1 is 1.50 bits per heavy atom. The van der Waals surface area contributed by atoms with E-state index in [1.54, 1.807) is 0 Å². The van der Waals surface area contributed by atoms with Crippen molar-refractivity contribution < 1.29 is 0 Å². The quantitative estimate of drug-likeness (QED) is 0.741. The van der Waals surface area contributed by atoms with E-state index in [2.05, 4.69) is 12.0 Å². The summed E-state index contributed by atoms with van der Waals surface area (Å²) in [6.07, 6.45) is 5.43. The maximum atomic E-state index is 6.30. The molecular formula is C12H18Cl2N2. The van der Waals surface area contributed by atoms with E-state index in [-0.39, 0.29) is 0 Å². The number of hydrogen-bond acceptors (Lipinski definition) is 1. The molecule has 90 valence electrons. The topological polar surface area (TPSA) is 17.8 Å². The average Bonchev–Trinajstić information content (AvgIpc) is 3.05. The van der Waals surface area contributed by atoms with Gasteiger partial charge in [-0.05, 0) is 38.0 Å². The largest absolute Gasteiger partial charge is 0.271 e. The van der Waals surface area contributed by atoms with Gasteiger partial charge in [0.2, 0.25) is 0 Å². The van der Waals surface area contributed by atoms with Crippen LogP contribution in [0.4, 0.5) is 0 Å². The highest BCUT2D eigenvalue weighted by Crippen LogP contribution is 2.38. The second-order valence-electron chi connectivity index (χ2n) is 4.58. The molecule has 1 aliphatic rings. The molecule has 0 saturated heterocycles. The zero-order valence-corrected chi connectivity index (χ0v) is 11.4. The number of halogens is 2. The van der Waals surface area contributed by atoms with Crippen LogP contribution in [0.1, 0.15) is 37.6 Å². The maximum absolute atomic E-state index is 6.30. The lowest BCUT2D eigenvalue weighted by molar-refractivity contribution is 0.631. The molecule has 1 unspecified atom stereocenters. The molecule has 0 aromatic carbocycles. The molecule has 0 N–H and O–H groups in total. The Bertz CT molecular complexity index is 369. The van der Waals surface area contributed by atoms with Crippen LogP contribution in [0.5, 0.6) is 0 Å². The van der Waals surface area contributed by atoms with Crippen molar-refractivity contribution in [2.75, 3.05) is 0 Å². The maximum Gasteiger partial charge on any atom is 0.0849 e. The predicted molar refractivity (Wildman–Crippen MR) is 68.3 cm³/mol. The molecular weight excluding hydrogens is 243 g/mol. The van der Waals surface area contributed by atoms with Crippen molar-refractivity contribution in [2.24, 2.45) is 13.0 Å². The monoisotopic (exact) mass is 260 g/mol. The van der Waals surface area contributed by atoms with Gasteiger partial charge >= 0.3 is 0 Å². The van der Waals surface area contributed by atoms with Crippen LogP contribution in [0.2, 0.25) is 5.02 Å². The van der Waals surface area contributed by atoms with Gasteiger partial charge in [0.05, 0.1) is 16.4 Å². The third-order valence-electron chi connectivity index (χ3n) is 3.29. The number of hydrogen-bond donors (Lipinski definition) is 0. The van der Waals surface area contributed by atoms with Crippen molar-refractivity contribution in [3.05, 3.63) is 16.4 Å². The Morgan fingerprint density at radius 3 is 2.69 bits per heavy atom. The van der Waals surface area contributed by atoms with E-state index in [1.807, 2.05) is 11.7 Å². The number of aromatic nitrogens is 2. The molecule has 1 atom stereocenters. The van der Waals surface area contributed by atoms with Crippen molar-refractivity contribution in [3.8, 4) is 0 Å². The smallest absolute Gasteiger partial charge is 0.0849 e. The predicted octanol–water partition coefficient (Wildman–Crippen LogP) is 3.59. The van der Waals surface area contributed by atoms with Gasteiger partial charge < -0.3 is 0 Å². The number of nitrogens with zero attached hydrogens (tertiary/aromatic N) is 2. The molecule has 1 aromatic rings. The highest BCUT2D eigenvalue weighted by atomic mass is 35.5. The second kappa shape index (κ2) is 4.97. The van der Waals surface area contributed by atoms with Gasteiger partial charge in [0.1, 0.15) is 0 Å². The molecule has 0 amide bonds. The van der Waals surface area contributed by atoms with Gasteiger partial charge in [-0.15, -0.1) is 11.6 Å². The molecule has 0 aliphatic heterocycles. The van der Waals surface area contributed by atoms with E-state index < -0.39 is 0 Å². The fourth-order valence-corrected chi connectivity index (χ4v) is 2.81. The summed E-state index contributed by atoms with van der Waals surface area (Å²) in [6.45, 7) is 2.08. The fourth-order valence-electron chi connectivity index (χ4n) is 2.06. The van der Waals surface area contributed by atoms with Crippen LogP contribution < -0.4 is 0 Å². The van der Waals surface area contributed by atoms with Gasteiger partial charge in [-0.1, -0.05) is 18.5 Å². The Balaban J connectivity index is 1.99. The molecule has 1 fully saturated rings. The van der Waals surface area contributed by atoms with E-state index in [0.29, 0.717) is 5.38 Å². The molecule has 2 rings (SSSR count). The summed E-state index contributed by atoms with van der Waals surface area (Å²) in [6, 6.07) is 0. The van der Waals surface area contributed by atoms with E-state index in [0.717, 1.165) is 41.6 Å². The molecule has 16 heavy (non-hydrogen) atoms. The van der Waals surface area contributed by atoms with E-state index >= 15 is 0 Å². The first-order chi connectivity index (χ1) is 7.63. The van der Waals surface area contributed by atoms with Gasteiger partial charge in [-0.3, -0.25) is 4.68 Å². The van der Waals surface area contributed by atoms with E-state index in [9.17, 15) is 0 Å². The first kappa shape index (κ1) is 12.3. The van der Waals surface area contributed by atoms with Crippen molar-refractivity contribution >= 4 is 23.2 Å². The molecule has 4 heteroatoms. The molecule has 1 aromatic heterocycles. The first-order valence-electron chi connectivity index (χ1n) is 5.97. The van der Waals surface area contributed by atoms with Crippen LogP contribution in [-0.4, -0.2) is 15.2 Å². The van der Waals surface area contributed by atoms with E-state index in [4.69, 9.17) is 23.2 Å². The molecule has 0 bridgehead atoms. The van der Waals surface area contributed by atoms with Crippen LogP contribution in [-0.2, 0) is 19.9 Å². The highest BCUT2D eigenvalue weighted by molar-refractivity contribution is 6.31. The normalized spacial score (nSPS) is 17.8. The zero-order valence-electron chi connectivity index (χ0n) is 9.84. The van der Waals surface area contributed by atoms with Crippen LogP contribution in [0.3, 0.4) is 0 Å². The summed E-state index contributed by atoms with van der Waals surface area (Å²) in [4.78, 5) is 0. The zero-order chi connectivity index (χ0) is 11.7. The molecule has 2 nitrogen and oxygen atoms in total. The fraction of sp³-hybridized carbons (Fsp3) is 0.750. The Hall–Kier alpha value is -0.210. The van der Waals surface area contributed by atoms with Gasteiger partial charge in [-0.2, -0.15) is 5.10 Å². The summed E-state index contributed by atoms with van der Waals surface area (Å²) in [7, 11) is 1.96. The van der Waals surface area contributed by atoms with Gasteiger partial charge in [-0.25, -0.2) is 0 Å². The van der Waals surface area contributed by atoms with Crippen LogP contribution in [0, 0.1) is 5.92 Å². The van der Waals surface area contributed by atoms with Gasteiger partial charge in [0, 0.05) is 12.4 Å². The lowest BCUT2D eigenvalue weighted by Crippen LogP contribution is -2.06. The molecule has 1 heterocycles.